The van der Waals surface area contributed by atoms with E-state index in [1.165, 1.54) is 0 Å². The number of carbonyl (C=O) groups is 1. The lowest BCUT2D eigenvalue weighted by molar-refractivity contribution is 0.102. The lowest BCUT2D eigenvalue weighted by atomic mass is 10.1. The van der Waals surface area contributed by atoms with Crippen molar-refractivity contribution in [2.45, 2.75) is 25.3 Å². The number of sulfonamides is 1. The molecule has 1 saturated heterocycles. The number of piperazine rings is 1. The Balaban J connectivity index is 1.32. The van der Waals surface area contributed by atoms with Gasteiger partial charge in [0.1, 0.15) is 0 Å². The Morgan fingerprint density at radius 2 is 1.56 bits per heavy atom. The maximum absolute atomic E-state index is 12.9. The maximum atomic E-state index is 12.9. The molecule has 1 amide bonds. The Morgan fingerprint density at radius 1 is 0.912 bits per heavy atom. The summed E-state index contributed by atoms with van der Waals surface area (Å²) in [6.45, 7) is 6.73. The van der Waals surface area contributed by atoms with Crippen molar-refractivity contribution < 1.29 is 13.2 Å². The highest BCUT2D eigenvalue weighted by molar-refractivity contribution is 7.89. The number of hydrogen-bond acceptors (Lipinski definition) is 4. The summed E-state index contributed by atoms with van der Waals surface area (Å²) in [6, 6.07) is 19.9. The van der Waals surface area contributed by atoms with Crippen LogP contribution in [0, 0.1) is 13.8 Å². The molecular weight excluding hydrogens is 470 g/mol. The molecule has 1 fully saturated rings. The van der Waals surface area contributed by atoms with E-state index in [4.69, 9.17) is 11.6 Å². The molecule has 1 aliphatic heterocycles. The van der Waals surface area contributed by atoms with Gasteiger partial charge in [0.25, 0.3) is 5.91 Å². The monoisotopic (exact) mass is 497 g/mol. The molecule has 1 N–H and O–H groups in total. The van der Waals surface area contributed by atoms with Crippen molar-refractivity contribution in [3.05, 3.63) is 94.0 Å². The number of amides is 1. The minimum atomic E-state index is -3.47. The van der Waals surface area contributed by atoms with Crippen LogP contribution in [0.1, 0.15) is 27.0 Å². The molecule has 0 spiro atoms. The van der Waals surface area contributed by atoms with E-state index in [9.17, 15) is 13.2 Å². The molecule has 0 saturated carbocycles. The minimum absolute atomic E-state index is 0.188. The predicted octanol–water partition coefficient (Wildman–Crippen LogP) is 4.72. The average molecular weight is 498 g/mol. The fourth-order valence-corrected chi connectivity index (χ4v) is 5.54. The van der Waals surface area contributed by atoms with Gasteiger partial charge in [0.05, 0.1) is 4.90 Å². The van der Waals surface area contributed by atoms with E-state index in [0.29, 0.717) is 53.9 Å². The predicted molar refractivity (Wildman–Crippen MR) is 136 cm³/mol. The van der Waals surface area contributed by atoms with E-state index in [-0.39, 0.29) is 5.91 Å². The van der Waals surface area contributed by atoms with Gasteiger partial charge in [-0.2, -0.15) is 4.31 Å². The van der Waals surface area contributed by atoms with Crippen LogP contribution in [0.15, 0.2) is 71.6 Å². The molecule has 6 nitrogen and oxygen atoms in total. The van der Waals surface area contributed by atoms with Gasteiger partial charge in [0.15, 0.2) is 0 Å². The second-order valence-corrected chi connectivity index (χ2v) is 10.9. The summed E-state index contributed by atoms with van der Waals surface area (Å²) in [5.74, 6) is -0.188. The van der Waals surface area contributed by atoms with Gasteiger partial charge in [-0.05, 0) is 61.4 Å². The zero-order chi connectivity index (χ0) is 24.3. The van der Waals surface area contributed by atoms with Crippen LogP contribution in [0.5, 0.6) is 0 Å². The zero-order valence-electron chi connectivity index (χ0n) is 19.3. The van der Waals surface area contributed by atoms with E-state index in [1.54, 1.807) is 28.6 Å². The van der Waals surface area contributed by atoms with Gasteiger partial charge in [-0.1, -0.05) is 47.5 Å². The molecular formula is C26H28ClN3O3S. The normalized spacial score (nSPS) is 15.3. The molecule has 1 heterocycles. The summed E-state index contributed by atoms with van der Waals surface area (Å²) in [5.41, 5.74) is 4.20. The van der Waals surface area contributed by atoms with Crippen molar-refractivity contribution in [2.24, 2.45) is 0 Å². The second-order valence-electron chi connectivity index (χ2n) is 8.56. The summed E-state index contributed by atoms with van der Waals surface area (Å²) < 4.78 is 27.4. The number of halogens is 1. The molecule has 0 aromatic heterocycles. The van der Waals surface area contributed by atoms with E-state index >= 15 is 0 Å². The Morgan fingerprint density at radius 3 is 2.21 bits per heavy atom. The molecule has 0 unspecified atom stereocenters. The van der Waals surface area contributed by atoms with Crippen LogP contribution < -0.4 is 5.32 Å². The largest absolute Gasteiger partial charge is 0.322 e. The van der Waals surface area contributed by atoms with Gasteiger partial charge < -0.3 is 5.32 Å². The van der Waals surface area contributed by atoms with Crippen molar-refractivity contribution >= 4 is 33.2 Å². The highest BCUT2D eigenvalue weighted by Crippen LogP contribution is 2.24. The molecule has 0 aliphatic carbocycles. The quantitative estimate of drug-likeness (QED) is 0.535. The smallest absolute Gasteiger partial charge is 0.255 e. The molecule has 3 aromatic carbocycles. The standard InChI is InChI=1S/C26H28ClN3O3S/c1-19-6-12-23(13-7-19)34(32,33)30-16-14-29(15-17-30)18-21-8-10-22(11-9-21)26(31)28-25-5-3-4-24(27)20(25)2/h3-13H,14-18H2,1-2H3,(H,28,31). The first-order chi connectivity index (χ1) is 16.2. The SMILES string of the molecule is Cc1ccc(S(=O)(=O)N2CCN(Cc3ccc(C(=O)Nc4cccc(Cl)c4C)cc3)CC2)cc1. The van der Waals surface area contributed by atoms with Gasteiger partial charge >= 0.3 is 0 Å². The van der Waals surface area contributed by atoms with Gasteiger partial charge in [-0.25, -0.2) is 8.42 Å². The number of nitrogens with zero attached hydrogens (tertiary/aromatic N) is 2. The molecule has 0 radical (unpaired) electrons. The number of nitrogens with one attached hydrogen (secondary N) is 1. The minimum Gasteiger partial charge on any atom is -0.322 e. The summed E-state index contributed by atoms with van der Waals surface area (Å²) in [4.78, 5) is 15.2. The topological polar surface area (TPSA) is 69.7 Å². The fraction of sp³-hybridized carbons (Fsp3) is 0.269. The van der Waals surface area contributed by atoms with Crippen molar-refractivity contribution in [1.29, 1.82) is 0 Å². The highest BCUT2D eigenvalue weighted by atomic mass is 35.5. The van der Waals surface area contributed by atoms with Gasteiger partial charge in [-0.15, -0.1) is 0 Å². The molecule has 34 heavy (non-hydrogen) atoms. The molecule has 0 atom stereocenters. The summed E-state index contributed by atoms with van der Waals surface area (Å²) >= 11 is 6.14. The Bertz CT molecular complexity index is 1270. The van der Waals surface area contributed by atoms with Crippen LogP contribution in [0.3, 0.4) is 0 Å². The van der Waals surface area contributed by atoms with Crippen molar-refractivity contribution in [1.82, 2.24) is 9.21 Å². The van der Waals surface area contributed by atoms with Crippen LogP contribution >= 0.6 is 11.6 Å². The van der Waals surface area contributed by atoms with Crippen molar-refractivity contribution in [3.8, 4) is 0 Å². The number of benzene rings is 3. The fourth-order valence-electron chi connectivity index (χ4n) is 3.94. The first kappa shape index (κ1) is 24.4. The summed E-state index contributed by atoms with van der Waals surface area (Å²) in [7, 11) is -3.47. The van der Waals surface area contributed by atoms with E-state index in [2.05, 4.69) is 10.2 Å². The van der Waals surface area contributed by atoms with Gasteiger partial charge in [0.2, 0.25) is 10.0 Å². The zero-order valence-corrected chi connectivity index (χ0v) is 20.9. The first-order valence-corrected chi connectivity index (χ1v) is 13.0. The Labute approximate surface area is 206 Å². The van der Waals surface area contributed by atoms with Crippen molar-refractivity contribution in [2.75, 3.05) is 31.5 Å². The Kier molecular flexibility index (Phi) is 7.38. The van der Waals surface area contributed by atoms with Crippen LogP contribution in [0.4, 0.5) is 5.69 Å². The van der Waals surface area contributed by atoms with Crippen LogP contribution in [0.2, 0.25) is 5.02 Å². The Hall–Kier alpha value is -2.71. The van der Waals surface area contributed by atoms with Gasteiger partial charge in [-0.3, -0.25) is 9.69 Å². The average Bonchev–Trinajstić information content (AvgIpc) is 2.83. The first-order valence-electron chi connectivity index (χ1n) is 11.2. The molecule has 8 heteroatoms. The third kappa shape index (κ3) is 5.50. The highest BCUT2D eigenvalue weighted by Gasteiger charge is 2.28. The van der Waals surface area contributed by atoms with Crippen LogP contribution in [-0.4, -0.2) is 49.7 Å². The number of anilines is 1. The molecule has 0 bridgehead atoms. The lowest BCUT2D eigenvalue weighted by Crippen LogP contribution is -2.48. The van der Waals surface area contributed by atoms with E-state index < -0.39 is 10.0 Å². The summed E-state index contributed by atoms with van der Waals surface area (Å²) in [5, 5.41) is 3.52. The third-order valence-corrected chi connectivity index (χ3v) is 8.45. The second kappa shape index (κ2) is 10.3. The van der Waals surface area contributed by atoms with Crippen molar-refractivity contribution in [3.63, 3.8) is 0 Å². The molecule has 3 aromatic rings. The van der Waals surface area contributed by atoms with Crippen LogP contribution in [0.25, 0.3) is 0 Å². The van der Waals surface area contributed by atoms with E-state index in [1.807, 2.05) is 56.3 Å². The van der Waals surface area contributed by atoms with Crippen LogP contribution in [-0.2, 0) is 16.6 Å². The van der Waals surface area contributed by atoms with Gasteiger partial charge in [0, 0.05) is 49.0 Å². The molecule has 4 rings (SSSR count). The maximum Gasteiger partial charge on any atom is 0.255 e. The number of rotatable bonds is 6. The van der Waals surface area contributed by atoms with E-state index in [0.717, 1.165) is 16.7 Å². The summed E-state index contributed by atoms with van der Waals surface area (Å²) in [6.07, 6.45) is 0. The number of hydrogen-bond donors (Lipinski definition) is 1. The lowest BCUT2D eigenvalue weighted by Gasteiger charge is -2.34. The third-order valence-electron chi connectivity index (χ3n) is 6.13. The number of aryl methyl sites for hydroxylation is 1. The molecule has 1 aliphatic rings. The molecule has 178 valence electrons. The number of carbonyl (C=O) groups excluding carboxylic acids is 1.